The average Bonchev–Trinajstić information content (AvgIpc) is 3.02. The summed E-state index contributed by atoms with van der Waals surface area (Å²) in [6.07, 6.45) is 5.77. The van der Waals surface area contributed by atoms with E-state index in [4.69, 9.17) is 9.47 Å². The molecule has 0 N–H and O–H groups in total. The number of rotatable bonds is 5. The first-order chi connectivity index (χ1) is 10.3. The van der Waals surface area contributed by atoms with E-state index in [0.29, 0.717) is 12.0 Å². The molecule has 2 saturated heterocycles. The number of aromatic nitrogens is 1. The van der Waals surface area contributed by atoms with Gasteiger partial charge < -0.3 is 9.47 Å². The standard InChI is InChI=1S/C17H26N2O2/c1-14-16(3-2-7-18-14)11-19-8-4-17(5-9-19)21-13-15-6-10-20-12-15/h2-3,7,15,17H,4-6,8-13H2,1H3. The summed E-state index contributed by atoms with van der Waals surface area (Å²) < 4.78 is 11.5. The van der Waals surface area contributed by atoms with Gasteiger partial charge in [0.25, 0.3) is 0 Å². The van der Waals surface area contributed by atoms with E-state index in [1.807, 2.05) is 12.3 Å². The van der Waals surface area contributed by atoms with E-state index in [-0.39, 0.29) is 0 Å². The van der Waals surface area contributed by atoms with Gasteiger partial charge in [-0.3, -0.25) is 9.88 Å². The highest BCUT2D eigenvalue weighted by molar-refractivity contribution is 5.18. The van der Waals surface area contributed by atoms with Crippen LogP contribution < -0.4 is 0 Å². The van der Waals surface area contributed by atoms with Crippen LogP contribution in [0.1, 0.15) is 30.5 Å². The van der Waals surface area contributed by atoms with Gasteiger partial charge in [-0.2, -0.15) is 0 Å². The van der Waals surface area contributed by atoms with Crippen molar-refractivity contribution < 1.29 is 9.47 Å². The number of ether oxygens (including phenoxy) is 2. The van der Waals surface area contributed by atoms with E-state index >= 15 is 0 Å². The van der Waals surface area contributed by atoms with Crippen LogP contribution in [0.4, 0.5) is 0 Å². The average molecular weight is 290 g/mol. The molecule has 0 radical (unpaired) electrons. The summed E-state index contributed by atoms with van der Waals surface area (Å²) in [7, 11) is 0. The molecule has 1 aromatic rings. The van der Waals surface area contributed by atoms with Crippen molar-refractivity contribution in [3.8, 4) is 0 Å². The predicted molar refractivity (Wildman–Crippen MR) is 82.2 cm³/mol. The number of aryl methyl sites for hydroxylation is 1. The van der Waals surface area contributed by atoms with E-state index in [2.05, 4.69) is 22.9 Å². The number of pyridine rings is 1. The molecule has 0 amide bonds. The third kappa shape index (κ3) is 4.25. The van der Waals surface area contributed by atoms with Gasteiger partial charge in [0.2, 0.25) is 0 Å². The van der Waals surface area contributed by atoms with Crippen molar-refractivity contribution in [2.24, 2.45) is 5.92 Å². The Morgan fingerprint density at radius 1 is 1.33 bits per heavy atom. The summed E-state index contributed by atoms with van der Waals surface area (Å²) >= 11 is 0. The Labute approximate surface area is 127 Å². The lowest BCUT2D eigenvalue weighted by molar-refractivity contribution is -0.0117. The fraction of sp³-hybridized carbons (Fsp3) is 0.706. The quantitative estimate of drug-likeness (QED) is 0.834. The molecule has 1 aromatic heterocycles. The molecule has 0 aromatic carbocycles. The monoisotopic (exact) mass is 290 g/mol. The molecule has 2 fully saturated rings. The van der Waals surface area contributed by atoms with Crippen molar-refractivity contribution >= 4 is 0 Å². The molecule has 0 saturated carbocycles. The summed E-state index contributed by atoms with van der Waals surface area (Å²) in [5.41, 5.74) is 2.50. The minimum atomic E-state index is 0.442. The van der Waals surface area contributed by atoms with Crippen molar-refractivity contribution in [3.63, 3.8) is 0 Å². The second-order valence-electron chi connectivity index (χ2n) is 6.29. The summed E-state index contributed by atoms with van der Waals surface area (Å²) in [4.78, 5) is 6.89. The molecular formula is C17H26N2O2. The molecule has 3 heterocycles. The lowest BCUT2D eigenvalue weighted by Crippen LogP contribution is -2.37. The van der Waals surface area contributed by atoms with E-state index in [9.17, 15) is 0 Å². The zero-order valence-electron chi connectivity index (χ0n) is 13.0. The Morgan fingerprint density at radius 2 is 2.19 bits per heavy atom. The van der Waals surface area contributed by atoms with Crippen LogP contribution in [0.5, 0.6) is 0 Å². The van der Waals surface area contributed by atoms with Gasteiger partial charge in [-0.25, -0.2) is 0 Å². The predicted octanol–water partition coefficient (Wildman–Crippen LogP) is 2.41. The van der Waals surface area contributed by atoms with E-state index in [0.717, 1.165) is 58.0 Å². The van der Waals surface area contributed by atoms with Crippen LogP contribution in [0.2, 0.25) is 0 Å². The summed E-state index contributed by atoms with van der Waals surface area (Å²) in [6, 6.07) is 4.22. The van der Waals surface area contributed by atoms with Gasteiger partial charge in [-0.1, -0.05) is 6.07 Å². The first-order valence-electron chi connectivity index (χ1n) is 8.13. The van der Waals surface area contributed by atoms with Crippen LogP contribution in [-0.2, 0) is 16.0 Å². The first-order valence-corrected chi connectivity index (χ1v) is 8.13. The van der Waals surface area contributed by atoms with Crippen molar-refractivity contribution in [3.05, 3.63) is 29.6 Å². The fourth-order valence-corrected chi connectivity index (χ4v) is 3.15. The first kappa shape index (κ1) is 14.9. The smallest absolute Gasteiger partial charge is 0.0599 e. The maximum atomic E-state index is 6.07. The summed E-state index contributed by atoms with van der Waals surface area (Å²) in [6.45, 7) is 8.04. The van der Waals surface area contributed by atoms with Gasteiger partial charge in [-0.15, -0.1) is 0 Å². The lowest BCUT2D eigenvalue weighted by Gasteiger charge is -2.32. The van der Waals surface area contributed by atoms with Crippen molar-refractivity contribution in [2.45, 2.75) is 38.8 Å². The maximum absolute atomic E-state index is 6.07. The Morgan fingerprint density at radius 3 is 2.90 bits per heavy atom. The highest BCUT2D eigenvalue weighted by Gasteiger charge is 2.22. The van der Waals surface area contributed by atoms with Gasteiger partial charge >= 0.3 is 0 Å². The molecule has 3 rings (SSSR count). The minimum Gasteiger partial charge on any atom is -0.381 e. The molecule has 4 heteroatoms. The SMILES string of the molecule is Cc1ncccc1CN1CCC(OCC2CCOC2)CC1. The highest BCUT2D eigenvalue weighted by atomic mass is 16.5. The molecule has 0 spiro atoms. The highest BCUT2D eigenvalue weighted by Crippen LogP contribution is 2.19. The van der Waals surface area contributed by atoms with Gasteiger partial charge in [0.05, 0.1) is 19.3 Å². The Bertz CT molecular complexity index is 438. The molecule has 2 aliphatic heterocycles. The fourth-order valence-electron chi connectivity index (χ4n) is 3.15. The van der Waals surface area contributed by atoms with Gasteiger partial charge in [0.1, 0.15) is 0 Å². The second kappa shape index (κ2) is 7.34. The van der Waals surface area contributed by atoms with Gasteiger partial charge in [-0.05, 0) is 37.8 Å². The molecule has 1 unspecified atom stereocenters. The zero-order chi connectivity index (χ0) is 14.5. The number of hydrogen-bond donors (Lipinski definition) is 0. The molecule has 2 aliphatic rings. The molecule has 21 heavy (non-hydrogen) atoms. The van der Waals surface area contributed by atoms with Crippen molar-refractivity contribution in [1.82, 2.24) is 9.88 Å². The lowest BCUT2D eigenvalue weighted by atomic mass is 10.1. The number of likely N-dealkylation sites (tertiary alicyclic amines) is 1. The second-order valence-corrected chi connectivity index (χ2v) is 6.29. The van der Waals surface area contributed by atoms with Crippen LogP contribution >= 0.6 is 0 Å². The topological polar surface area (TPSA) is 34.6 Å². The van der Waals surface area contributed by atoms with Crippen molar-refractivity contribution in [2.75, 3.05) is 32.9 Å². The minimum absolute atomic E-state index is 0.442. The molecule has 4 nitrogen and oxygen atoms in total. The number of piperidine rings is 1. The van der Waals surface area contributed by atoms with Gasteiger partial charge in [0, 0.05) is 44.0 Å². The maximum Gasteiger partial charge on any atom is 0.0599 e. The normalized spacial score (nSPS) is 24.5. The van der Waals surface area contributed by atoms with Gasteiger partial charge in [0.15, 0.2) is 0 Å². The molecule has 0 bridgehead atoms. The Hall–Kier alpha value is -0.970. The zero-order valence-corrected chi connectivity index (χ0v) is 13.0. The largest absolute Gasteiger partial charge is 0.381 e. The van der Waals surface area contributed by atoms with Crippen LogP contribution in [0.25, 0.3) is 0 Å². The molecule has 1 atom stereocenters. The van der Waals surface area contributed by atoms with Crippen LogP contribution in [0, 0.1) is 12.8 Å². The Balaban J connectivity index is 1.39. The summed E-state index contributed by atoms with van der Waals surface area (Å²) in [5.74, 6) is 0.626. The van der Waals surface area contributed by atoms with Crippen LogP contribution in [0.15, 0.2) is 18.3 Å². The van der Waals surface area contributed by atoms with Crippen LogP contribution in [0.3, 0.4) is 0 Å². The number of hydrogen-bond acceptors (Lipinski definition) is 4. The molecular weight excluding hydrogens is 264 g/mol. The third-order valence-corrected chi connectivity index (χ3v) is 4.64. The number of nitrogens with zero attached hydrogens (tertiary/aromatic N) is 2. The van der Waals surface area contributed by atoms with Crippen molar-refractivity contribution in [1.29, 1.82) is 0 Å². The van der Waals surface area contributed by atoms with Crippen LogP contribution in [-0.4, -0.2) is 48.9 Å². The Kier molecular flexibility index (Phi) is 5.22. The van der Waals surface area contributed by atoms with E-state index in [1.165, 1.54) is 12.0 Å². The van der Waals surface area contributed by atoms with E-state index in [1.54, 1.807) is 0 Å². The molecule has 0 aliphatic carbocycles. The summed E-state index contributed by atoms with van der Waals surface area (Å²) in [5, 5.41) is 0. The third-order valence-electron chi connectivity index (χ3n) is 4.64. The van der Waals surface area contributed by atoms with E-state index < -0.39 is 0 Å². The molecule has 116 valence electrons.